The van der Waals surface area contributed by atoms with Gasteiger partial charge in [-0.3, -0.25) is 10.1 Å². The first-order chi connectivity index (χ1) is 9.40. The average molecular weight is 301 g/mol. The molecule has 0 amide bonds. The summed E-state index contributed by atoms with van der Waals surface area (Å²) in [6.45, 7) is 0.949. The predicted molar refractivity (Wildman–Crippen MR) is 71.7 cm³/mol. The molecule has 1 unspecified atom stereocenters. The quantitative estimate of drug-likeness (QED) is 0.477. The Hall–Kier alpha value is -1.71. The fourth-order valence-electron chi connectivity index (χ4n) is 1.99. The number of nitrogens with zero attached hydrogens (tertiary/aromatic N) is 1. The van der Waals surface area contributed by atoms with Gasteiger partial charge in [-0.15, -0.1) is 0 Å². The lowest BCUT2D eigenvalue weighted by Crippen LogP contribution is -2.40. The van der Waals surface area contributed by atoms with Gasteiger partial charge in [0, 0.05) is 18.7 Å². The molecule has 3 N–H and O–H groups in total. The van der Waals surface area contributed by atoms with Crippen LogP contribution in [0.25, 0.3) is 0 Å². The third-order valence-corrected chi connectivity index (χ3v) is 4.51. The third-order valence-electron chi connectivity index (χ3n) is 2.99. The number of hydrogen-bond acceptors (Lipinski definition) is 6. The Kier molecular flexibility index (Phi) is 4.21. The second-order valence-corrected chi connectivity index (χ2v) is 6.23. The highest BCUT2D eigenvalue weighted by Gasteiger charge is 2.24. The van der Waals surface area contributed by atoms with Crippen LogP contribution in [-0.4, -0.2) is 32.6 Å². The molecule has 1 atom stereocenters. The topological polar surface area (TPSA) is 125 Å². The summed E-state index contributed by atoms with van der Waals surface area (Å²) in [5.41, 5.74) is 5.00. The van der Waals surface area contributed by atoms with E-state index in [-0.39, 0.29) is 22.3 Å². The first kappa shape index (κ1) is 14.7. The number of nitrogens with two attached hydrogens (primary N) is 1. The van der Waals surface area contributed by atoms with E-state index in [1.807, 2.05) is 0 Å². The largest absolute Gasteiger partial charge is 0.393 e. The maximum atomic E-state index is 12.1. The van der Waals surface area contributed by atoms with Crippen molar-refractivity contribution in [2.24, 2.45) is 0 Å². The molecule has 1 fully saturated rings. The molecule has 110 valence electrons. The minimum Gasteiger partial charge on any atom is -0.393 e. The molecule has 1 aliphatic rings. The maximum absolute atomic E-state index is 12.1. The number of nitro benzene ring substituents is 1. The minimum absolute atomic E-state index is 0.0915. The van der Waals surface area contributed by atoms with Gasteiger partial charge in [0.25, 0.3) is 5.69 Å². The molecule has 0 saturated carbocycles. The standard InChI is InChI=1S/C11H15N3O5S/c12-10-6-9(3-4-11(10)14(15)16)20(17,18)13-8-2-1-5-19-7-8/h3-4,6,8,13H,1-2,5,7,12H2. The van der Waals surface area contributed by atoms with Crippen molar-refractivity contribution in [3.63, 3.8) is 0 Å². The van der Waals surface area contributed by atoms with E-state index in [0.29, 0.717) is 19.6 Å². The molecule has 0 bridgehead atoms. The number of nitro groups is 1. The van der Waals surface area contributed by atoms with Crippen LogP contribution < -0.4 is 10.5 Å². The SMILES string of the molecule is Nc1cc(S(=O)(=O)NC2CCCOC2)ccc1[N+](=O)[O-]. The van der Waals surface area contributed by atoms with Crippen LogP contribution in [0, 0.1) is 10.1 Å². The van der Waals surface area contributed by atoms with Crippen molar-refractivity contribution >= 4 is 21.4 Å². The molecule has 1 saturated heterocycles. The number of nitrogens with one attached hydrogen (secondary N) is 1. The molecule has 0 aromatic heterocycles. The number of sulfonamides is 1. The van der Waals surface area contributed by atoms with E-state index in [1.165, 1.54) is 6.07 Å². The van der Waals surface area contributed by atoms with E-state index >= 15 is 0 Å². The van der Waals surface area contributed by atoms with Crippen LogP contribution in [0.2, 0.25) is 0 Å². The Balaban J connectivity index is 2.20. The summed E-state index contributed by atoms with van der Waals surface area (Å²) in [6.07, 6.45) is 1.48. The molecule has 1 heterocycles. The van der Waals surface area contributed by atoms with E-state index in [1.54, 1.807) is 0 Å². The number of rotatable bonds is 4. The molecule has 0 spiro atoms. The number of benzene rings is 1. The summed E-state index contributed by atoms with van der Waals surface area (Å²) in [7, 11) is -3.76. The van der Waals surface area contributed by atoms with Crippen LogP contribution >= 0.6 is 0 Å². The molecular formula is C11H15N3O5S. The van der Waals surface area contributed by atoms with Gasteiger partial charge in [0.15, 0.2) is 0 Å². The van der Waals surface area contributed by atoms with Crippen molar-refractivity contribution in [3.05, 3.63) is 28.3 Å². The van der Waals surface area contributed by atoms with Crippen LogP contribution in [0.1, 0.15) is 12.8 Å². The van der Waals surface area contributed by atoms with Crippen LogP contribution in [0.4, 0.5) is 11.4 Å². The van der Waals surface area contributed by atoms with E-state index in [2.05, 4.69) is 4.72 Å². The lowest BCUT2D eigenvalue weighted by molar-refractivity contribution is -0.383. The zero-order valence-corrected chi connectivity index (χ0v) is 11.4. The Morgan fingerprint density at radius 3 is 2.75 bits per heavy atom. The Morgan fingerprint density at radius 1 is 1.45 bits per heavy atom. The molecule has 8 nitrogen and oxygen atoms in total. The van der Waals surface area contributed by atoms with Crippen LogP contribution in [0.15, 0.2) is 23.1 Å². The van der Waals surface area contributed by atoms with Gasteiger partial charge in [-0.25, -0.2) is 13.1 Å². The lowest BCUT2D eigenvalue weighted by atomic mass is 10.1. The average Bonchev–Trinajstić information content (AvgIpc) is 2.38. The van der Waals surface area contributed by atoms with Crippen molar-refractivity contribution in [3.8, 4) is 0 Å². The maximum Gasteiger partial charge on any atom is 0.292 e. The highest BCUT2D eigenvalue weighted by atomic mass is 32.2. The summed E-state index contributed by atoms with van der Waals surface area (Å²) in [5.74, 6) is 0. The minimum atomic E-state index is -3.76. The third kappa shape index (κ3) is 3.24. The van der Waals surface area contributed by atoms with Crippen molar-refractivity contribution in [1.82, 2.24) is 4.72 Å². The van der Waals surface area contributed by atoms with Gasteiger partial charge < -0.3 is 10.5 Å². The summed E-state index contributed by atoms with van der Waals surface area (Å²) in [6, 6.07) is 3.05. The molecule has 1 aromatic carbocycles. The van der Waals surface area contributed by atoms with E-state index in [9.17, 15) is 18.5 Å². The molecule has 1 aromatic rings. The normalized spacial score (nSPS) is 19.7. The Labute approximate surface area is 116 Å². The molecule has 2 rings (SSSR count). The number of anilines is 1. The van der Waals surface area contributed by atoms with Gasteiger partial charge in [0.2, 0.25) is 10.0 Å². The van der Waals surface area contributed by atoms with Gasteiger partial charge in [-0.1, -0.05) is 0 Å². The first-order valence-corrected chi connectivity index (χ1v) is 7.52. The highest BCUT2D eigenvalue weighted by molar-refractivity contribution is 7.89. The summed E-state index contributed by atoms with van der Waals surface area (Å²) in [5, 5.41) is 10.6. The van der Waals surface area contributed by atoms with Gasteiger partial charge in [0.1, 0.15) is 5.69 Å². The van der Waals surface area contributed by atoms with Crippen LogP contribution in [0.5, 0.6) is 0 Å². The zero-order chi connectivity index (χ0) is 14.8. The summed E-state index contributed by atoms with van der Waals surface area (Å²) < 4.78 is 32.0. The van der Waals surface area contributed by atoms with Gasteiger partial charge in [-0.2, -0.15) is 0 Å². The van der Waals surface area contributed by atoms with E-state index in [4.69, 9.17) is 10.5 Å². The van der Waals surface area contributed by atoms with Crippen molar-refractivity contribution < 1.29 is 18.1 Å². The zero-order valence-electron chi connectivity index (χ0n) is 10.6. The van der Waals surface area contributed by atoms with Gasteiger partial charge in [-0.05, 0) is 25.0 Å². The second-order valence-electron chi connectivity index (χ2n) is 4.51. The van der Waals surface area contributed by atoms with Gasteiger partial charge >= 0.3 is 0 Å². The first-order valence-electron chi connectivity index (χ1n) is 6.04. The van der Waals surface area contributed by atoms with Gasteiger partial charge in [0.05, 0.1) is 16.4 Å². The predicted octanol–water partition coefficient (Wildman–Crippen LogP) is 0.634. The highest BCUT2D eigenvalue weighted by Crippen LogP contribution is 2.24. The smallest absolute Gasteiger partial charge is 0.292 e. The fraction of sp³-hybridized carbons (Fsp3) is 0.455. The molecule has 1 aliphatic heterocycles. The van der Waals surface area contributed by atoms with Crippen molar-refractivity contribution in [2.45, 2.75) is 23.8 Å². The number of ether oxygens (including phenoxy) is 1. The molecule has 0 radical (unpaired) electrons. The van der Waals surface area contributed by atoms with Crippen molar-refractivity contribution in [2.75, 3.05) is 18.9 Å². The monoisotopic (exact) mass is 301 g/mol. The second kappa shape index (κ2) is 5.73. The summed E-state index contributed by atoms with van der Waals surface area (Å²) in [4.78, 5) is 9.89. The molecular weight excluding hydrogens is 286 g/mol. The van der Waals surface area contributed by atoms with E-state index in [0.717, 1.165) is 18.6 Å². The summed E-state index contributed by atoms with van der Waals surface area (Å²) >= 11 is 0. The molecule has 0 aliphatic carbocycles. The fourth-order valence-corrected chi connectivity index (χ4v) is 3.28. The van der Waals surface area contributed by atoms with Crippen LogP contribution in [-0.2, 0) is 14.8 Å². The van der Waals surface area contributed by atoms with Crippen LogP contribution in [0.3, 0.4) is 0 Å². The van der Waals surface area contributed by atoms with E-state index < -0.39 is 14.9 Å². The lowest BCUT2D eigenvalue weighted by Gasteiger charge is -2.22. The Bertz CT molecular complexity index is 610. The number of hydrogen-bond donors (Lipinski definition) is 2. The number of nitrogen functional groups attached to an aromatic ring is 1. The molecule has 20 heavy (non-hydrogen) atoms. The molecule has 9 heteroatoms. The Morgan fingerprint density at radius 2 is 2.20 bits per heavy atom. The van der Waals surface area contributed by atoms with Crippen molar-refractivity contribution in [1.29, 1.82) is 0 Å².